The van der Waals surface area contributed by atoms with Gasteiger partial charge in [-0.25, -0.2) is 9.59 Å². The van der Waals surface area contributed by atoms with Gasteiger partial charge in [-0.3, -0.25) is 24.8 Å². The molecule has 0 spiro atoms. The van der Waals surface area contributed by atoms with Crippen LogP contribution in [0.15, 0.2) is 71.7 Å². The Morgan fingerprint density at radius 3 is 2.37 bits per heavy atom. The predicted molar refractivity (Wildman–Crippen MR) is 158 cm³/mol. The molecule has 0 aliphatic carbocycles. The van der Waals surface area contributed by atoms with E-state index in [-0.39, 0.29) is 54.5 Å². The SMILES string of the molecule is CC(C)Oc1cc([N+](=O)[O-])ccc1C1=N[C@@H](c2ccc(Cl)cc2)[C@@H](c2ccc(C(=O)O)cc2)N1C(=O)N1CCNC(=O)C1. The van der Waals surface area contributed by atoms with Crippen molar-refractivity contribution in [3.63, 3.8) is 0 Å². The molecule has 0 unspecified atom stereocenters. The number of hydrogen-bond donors (Lipinski definition) is 2. The van der Waals surface area contributed by atoms with Crippen LogP contribution < -0.4 is 10.1 Å². The first-order chi connectivity index (χ1) is 20.5. The number of urea groups is 1. The van der Waals surface area contributed by atoms with E-state index in [2.05, 4.69) is 5.32 Å². The van der Waals surface area contributed by atoms with Gasteiger partial charge in [0.05, 0.1) is 34.3 Å². The van der Waals surface area contributed by atoms with Gasteiger partial charge in [-0.1, -0.05) is 35.9 Å². The highest BCUT2D eigenvalue weighted by atomic mass is 35.5. The van der Waals surface area contributed by atoms with E-state index < -0.39 is 29.0 Å². The van der Waals surface area contributed by atoms with Crippen LogP contribution in [-0.4, -0.2) is 69.3 Å². The van der Waals surface area contributed by atoms with E-state index >= 15 is 0 Å². The van der Waals surface area contributed by atoms with Crippen molar-refractivity contribution in [2.75, 3.05) is 19.6 Å². The van der Waals surface area contributed by atoms with Crippen molar-refractivity contribution in [3.05, 3.63) is 104 Å². The smallest absolute Gasteiger partial charge is 0.335 e. The third-order valence-electron chi connectivity index (χ3n) is 7.07. The van der Waals surface area contributed by atoms with Crippen LogP contribution in [0.25, 0.3) is 0 Å². The number of piperazine rings is 1. The highest BCUT2D eigenvalue weighted by molar-refractivity contribution is 6.30. The number of halogens is 1. The fourth-order valence-electron chi connectivity index (χ4n) is 5.13. The molecule has 43 heavy (non-hydrogen) atoms. The molecule has 2 aliphatic rings. The van der Waals surface area contributed by atoms with Crippen LogP contribution in [0.4, 0.5) is 10.5 Å². The maximum atomic E-state index is 14.4. The molecule has 2 heterocycles. The van der Waals surface area contributed by atoms with E-state index in [1.54, 1.807) is 50.2 Å². The molecule has 222 valence electrons. The molecule has 12 nitrogen and oxygen atoms in total. The number of carbonyl (C=O) groups is 3. The number of ether oxygens (including phenoxy) is 1. The average Bonchev–Trinajstić information content (AvgIpc) is 3.37. The second-order valence-electron chi connectivity index (χ2n) is 10.3. The molecular weight excluding hydrogens is 578 g/mol. The average molecular weight is 606 g/mol. The molecule has 1 saturated heterocycles. The molecule has 13 heteroatoms. The molecule has 2 atom stereocenters. The van der Waals surface area contributed by atoms with Crippen molar-refractivity contribution in [2.24, 2.45) is 4.99 Å². The summed E-state index contributed by atoms with van der Waals surface area (Å²) in [7, 11) is 0. The van der Waals surface area contributed by atoms with Crippen molar-refractivity contribution in [3.8, 4) is 5.75 Å². The quantitative estimate of drug-likeness (QED) is 0.289. The minimum atomic E-state index is -1.10. The number of rotatable bonds is 7. The van der Waals surface area contributed by atoms with Crippen molar-refractivity contribution in [1.29, 1.82) is 0 Å². The maximum Gasteiger partial charge on any atom is 0.335 e. The van der Waals surface area contributed by atoms with Gasteiger partial charge in [0.15, 0.2) is 0 Å². The van der Waals surface area contributed by atoms with E-state index in [1.165, 1.54) is 40.1 Å². The van der Waals surface area contributed by atoms with Crippen LogP contribution in [0.1, 0.15) is 53.0 Å². The second-order valence-corrected chi connectivity index (χ2v) is 10.8. The Morgan fingerprint density at radius 2 is 1.77 bits per heavy atom. The van der Waals surface area contributed by atoms with Gasteiger partial charge in [0, 0.05) is 24.2 Å². The molecule has 5 rings (SSSR count). The third-order valence-corrected chi connectivity index (χ3v) is 7.32. The zero-order chi connectivity index (χ0) is 30.8. The van der Waals surface area contributed by atoms with Crippen LogP contribution >= 0.6 is 11.6 Å². The van der Waals surface area contributed by atoms with Gasteiger partial charge in [0.25, 0.3) is 5.69 Å². The highest BCUT2D eigenvalue weighted by Gasteiger charge is 2.45. The third kappa shape index (κ3) is 6.14. The maximum absolute atomic E-state index is 14.4. The zero-order valence-corrected chi connectivity index (χ0v) is 24.0. The molecule has 3 amide bonds. The van der Waals surface area contributed by atoms with Gasteiger partial charge in [-0.2, -0.15) is 0 Å². The summed E-state index contributed by atoms with van der Waals surface area (Å²) in [5.41, 5.74) is 1.52. The zero-order valence-electron chi connectivity index (χ0n) is 23.3. The van der Waals surface area contributed by atoms with E-state index in [0.717, 1.165) is 0 Å². The van der Waals surface area contributed by atoms with Gasteiger partial charge in [0.1, 0.15) is 24.2 Å². The number of nitrogens with zero attached hydrogens (tertiary/aromatic N) is 4. The Bertz CT molecular complexity index is 1610. The topological polar surface area (TPSA) is 155 Å². The van der Waals surface area contributed by atoms with Gasteiger partial charge in [-0.15, -0.1) is 0 Å². The molecular formula is C30H28ClN5O7. The van der Waals surface area contributed by atoms with Gasteiger partial charge >= 0.3 is 12.0 Å². The summed E-state index contributed by atoms with van der Waals surface area (Å²) in [5, 5.41) is 24.3. The van der Waals surface area contributed by atoms with E-state index in [4.69, 9.17) is 21.3 Å². The Hall–Kier alpha value is -4.97. The highest BCUT2D eigenvalue weighted by Crippen LogP contribution is 2.45. The van der Waals surface area contributed by atoms with Crippen LogP contribution in [0.5, 0.6) is 5.75 Å². The summed E-state index contributed by atoms with van der Waals surface area (Å²) < 4.78 is 6.00. The minimum Gasteiger partial charge on any atom is -0.490 e. The van der Waals surface area contributed by atoms with E-state index in [0.29, 0.717) is 21.7 Å². The molecule has 0 bridgehead atoms. The first kappa shape index (κ1) is 29.5. The number of carboxylic acid groups (broad SMARTS) is 1. The minimum absolute atomic E-state index is 0.0690. The lowest BCUT2D eigenvalue weighted by Crippen LogP contribution is -2.55. The number of nitrogens with one attached hydrogen (secondary N) is 1. The number of aliphatic imine (C=N–C) groups is 1. The lowest BCUT2D eigenvalue weighted by Gasteiger charge is -2.35. The molecule has 0 aromatic heterocycles. The predicted octanol–water partition coefficient (Wildman–Crippen LogP) is 4.83. The number of benzene rings is 3. The standard InChI is InChI=1S/C30H28ClN5O7/c1-17(2)43-24-15-22(36(41)42)11-12-23(24)28-33-26(18-7-9-21(31)10-8-18)27(19-3-5-20(6-4-19)29(38)39)35(28)30(40)34-14-13-32-25(37)16-34/h3-12,15,17,26-27H,13-14,16H2,1-2H3,(H,32,37)(H,38,39)/t26-,27+/m0/s1. The number of hydrogen-bond acceptors (Lipinski definition) is 7. The summed E-state index contributed by atoms with van der Waals surface area (Å²) in [6.07, 6.45) is -0.357. The summed E-state index contributed by atoms with van der Waals surface area (Å²) >= 11 is 6.18. The summed E-state index contributed by atoms with van der Waals surface area (Å²) in [6, 6.07) is 15.3. The van der Waals surface area contributed by atoms with Crippen LogP contribution in [0, 0.1) is 10.1 Å². The molecule has 2 aliphatic heterocycles. The second kappa shape index (κ2) is 12.1. The number of carboxylic acids is 1. The van der Waals surface area contributed by atoms with E-state index in [1.807, 2.05) is 0 Å². The number of nitro groups is 1. The molecule has 0 saturated carbocycles. The Morgan fingerprint density at radius 1 is 1.09 bits per heavy atom. The molecule has 3 aromatic carbocycles. The lowest BCUT2D eigenvalue weighted by atomic mass is 9.93. The van der Waals surface area contributed by atoms with Crippen molar-refractivity contribution in [2.45, 2.75) is 32.0 Å². The van der Waals surface area contributed by atoms with Gasteiger partial charge in [-0.05, 0) is 55.3 Å². The number of carbonyl (C=O) groups excluding carboxylic acids is 2. The largest absolute Gasteiger partial charge is 0.490 e. The van der Waals surface area contributed by atoms with Crippen LogP contribution in [0.2, 0.25) is 5.02 Å². The number of non-ortho nitro benzene ring substituents is 1. The lowest BCUT2D eigenvalue weighted by molar-refractivity contribution is -0.384. The number of amides is 3. The van der Waals surface area contributed by atoms with Crippen molar-refractivity contribution < 1.29 is 29.2 Å². The van der Waals surface area contributed by atoms with Crippen molar-refractivity contribution >= 4 is 41.0 Å². The first-order valence-corrected chi connectivity index (χ1v) is 13.9. The number of amidine groups is 1. The van der Waals surface area contributed by atoms with Crippen LogP contribution in [0.3, 0.4) is 0 Å². The molecule has 0 radical (unpaired) electrons. The fourth-order valence-corrected chi connectivity index (χ4v) is 5.26. The number of aromatic carboxylic acids is 1. The van der Waals surface area contributed by atoms with Crippen molar-refractivity contribution in [1.82, 2.24) is 15.1 Å². The Labute approximate surface area is 251 Å². The fraction of sp³-hybridized carbons (Fsp3) is 0.267. The Balaban J connectivity index is 1.72. The monoisotopic (exact) mass is 605 g/mol. The van der Waals surface area contributed by atoms with Crippen LogP contribution in [-0.2, 0) is 4.79 Å². The molecule has 2 N–H and O–H groups in total. The molecule has 1 fully saturated rings. The number of nitro benzene ring substituents is 1. The van der Waals surface area contributed by atoms with E-state index in [9.17, 15) is 29.6 Å². The summed E-state index contributed by atoms with van der Waals surface area (Å²) in [4.78, 5) is 57.2. The molecule has 3 aromatic rings. The van der Waals surface area contributed by atoms with Gasteiger partial charge in [0.2, 0.25) is 5.91 Å². The Kier molecular flexibility index (Phi) is 8.31. The first-order valence-electron chi connectivity index (χ1n) is 13.5. The van der Waals surface area contributed by atoms with Gasteiger partial charge < -0.3 is 20.1 Å². The summed E-state index contributed by atoms with van der Waals surface area (Å²) in [5.74, 6) is -1.06. The summed E-state index contributed by atoms with van der Waals surface area (Å²) in [6.45, 7) is 3.90. The normalized spacial score (nSPS) is 18.3.